The topological polar surface area (TPSA) is 66.8 Å². The number of para-hydroxylation sites is 1. The van der Waals surface area contributed by atoms with E-state index in [2.05, 4.69) is 0 Å². The fourth-order valence-corrected chi connectivity index (χ4v) is 2.47. The van der Waals surface area contributed by atoms with Gasteiger partial charge in [0, 0.05) is 11.6 Å². The first kappa shape index (κ1) is 15.7. The summed E-state index contributed by atoms with van der Waals surface area (Å²) in [5.74, 6) is -4.69. The number of methoxy groups -OCH3 is 1. The molecule has 1 aliphatic heterocycles. The van der Waals surface area contributed by atoms with Gasteiger partial charge in [-0.25, -0.2) is 13.7 Å². The standard InChI is InChI=1S/C17H11F2NO4/c1-24-13-5-3-2-4-10(13)14-15(21)17(23)20(16(14)22)9-6-7-11(18)12(19)8-9/h2-8,21H,1H3. The molecule has 24 heavy (non-hydrogen) atoms. The second kappa shape index (κ2) is 5.77. The summed E-state index contributed by atoms with van der Waals surface area (Å²) >= 11 is 0. The fraction of sp³-hybridized carbons (Fsp3) is 0.0588. The molecule has 0 bridgehead atoms. The molecule has 2 aromatic rings. The third-order valence-corrected chi connectivity index (χ3v) is 3.60. The summed E-state index contributed by atoms with van der Waals surface area (Å²) in [4.78, 5) is 25.4. The zero-order chi connectivity index (χ0) is 17.4. The Kier molecular flexibility index (Phi) is 3.76. The molecule has 1 heterocycles. The Balaban J connectivity index is 2.09. The number of halogens is 2. The number of anilines is 1. The van der Waals surface area contributed by atoms with Gasteiger partial charge >= 0.3 is 5.91 Å². The molecule has 122 valence electrons. The first-order valence-electron chi connectivity index (χ1n) is 6.86. The molecule has 0 atom stereocenters. The van der Waals surface area contributed by atoms with Gasteiger partial charge in [0.1, 0.15) is 5.75 Å². The number of hydrogen-bond donors (Lipinski definition) is 1. The van der Waals surface area contributed by atoms with Crippen LogP contribution in [0.5, 0.6) is 5.75 Å². The highest BCUT2D eigenvalue weighted by molar-refractivity contribution is 6.45. The normalized spacial score (nSPS) is 14.5. The number of imide groups is 1. The lowest BCUT2D eigenvalue weighted by atomic mass is 10.0. The molecule has 7 heteroatoms. The van der Waals surface area contributed by atoms with Gasteiger partial charge in [0.25, 0.3) is 5.91 Å². The first-order chi connectivity index (χ1) is 11.5. The van der Waals surface area contributed by atoms with Gasteiger partial charge in [0.05, 0.1) is 18.4 Å². The Morgan fingerprint density at radius 3 is 2.38 bits per heavy atom. The molecule has 2 amide bonds. The number of hydrogen-bond acceptors (Lipinski definition) is 4. The van der Waals surface area contributed by atoms with Crippen molar-refractivity contribution in [1.82, 2.24) is 0 Å². The first-order valence-corrected chi connectivity index (χ1v) is 6.86. The Labute approximate surface area is 135 Å². The minimum Gasteiger partial charge on any atom is -0.502 e. The van der Waals surface area contributed by atoms with Crippen LogP contribution < -0.4 is 9.64 Å². The van der Waals surface area contributed by atoms with E-state index in [0.29, 0.717) is 11.0 Å². The van der Waals surface area contributed by atoms with Crippen LogP contribution in [0.25, 0.3) is 5.57 Å². The van der Waals surface area contributed by atoms with E-state index in [4.69, 9.17) is 4.74 Å². The molecule has 1 N–H and O–H groups in total. The molecule has 2 aromatic carbocycles. The van der Waals surface area contributed by atoms with Gasteiger partial charge in [0.2, 0.25) is 0 Å². The molecule has 3 rings (SSSR count). The molecule has 0 aromatic heterocycles. The Morgan fingerprint density at radius 1 is 1.00 bits per heavy atom. The van der Waals surface area contributed by atoms with Crippen LogP contribution >= 0.6 is 0 Å². The molecule has 0 radical (unpaired) electrons. The highest BCUT2D eigenvalue weighted by atomic mass is 19.2. The molecular weight excluding hydrogens is 320 g/mol. The van der Waals surface area contributed by atoms with E-state index in [-0.39, 0.29) is 22.6 Å². The van der Waals surface area contributed by atoms with Gasteiger partial charge in [-0.15, -0.1) is 0 Å². The summed E-state index contributed by atoms with van der Waals surface area (Å²) in [6.45, 7) is 0. The van der Waals surface area contributed by atoms with E-state index >= 15 is 0 Å². The van der Waals surface area contributed by atoms with Crippen molar-refractivity contribution in [2.24, 2.45) is 0 Å². The quantitative estimate of drug-likeness (QED) is 0.878. The fourth-order valence-electron chi connectivity index (χ4n) is 2.47. The summed E-state index contributed by atoms with van der Waals surface area (Å²) in [5, 5.41) is 10.1. The van der Waals surface area contributed by atoms with Crippen molar-refractivity contribution in [3.8, 4) is 5.75 Å². The smallest absolute Gasteiger partial charge is 0.301 e. The number of aliphatic hydroxyl groups is 1. The van der Waals surface area contributed by atoms with E-state index in [0.717, 1.165) is 12.1 Å². The van der Waals surface area contributed by atoms with Crippen LogP contribution in [0, 0.1) is 11.6 Å². The van der Waals surface area contributed by atoms with Crippen molar-refractivity contribution in [3.05, 3.63) is 65.4 Å². The van der Waals surface area contributed by atoms with Gasteiger partial charge in [0.15, 0.2) is 17.4 Å². The Morgan fingerprint density at radius 2 is 1.71 bits per heavy atom. The number of amides is 2. The molecule has 1 aliphatic rings. The van der Waals surface area contributed by atoms with E-state index in [1.54, 1.807) is 18.2 Å². The van der Waals surface area contributed by atoms with Crippen molar-refractivity contribution in [1.29, 1.82) is 0 Å². The second-order valence-corrected chi connectivity index (χ2v) is 4.97. The molecule has 0 fully saturated rings. The van der Waals surface area contributed by atoms with Crippen molar-refractivity contribution < 1.29 is 28.2 Å². The number of rotatable bonds is 3. The zero-order valence-electron chi connectivity index (χ0n) is 12.4. The molecule has 0 aliphatic carbocycles. The van der Waals surface area contributed by atoms with E-state index in [9.17, 15) is 23.5 Å². The molecule has 0 saturated heterocycles. The summed E-state index contributed by atoms with van der Waals surface area (Å²) < 4.78 is 31.6. The maximum atomic E-state index is 13.4. The maximum Gasteiger partial charge on any atom is 0.301 e. The molecule has 0 saturated carbocycles. The minimum atomic E-state index is -1.21. The maximum absolute atomic E-state index is 13.4. The van der Waals surface area contributed by atoms with Gasteiger partial charge < -0.3 is 9.84 Å². The summed E-state index contributed by atoms with van der Waals surface area (Å²) in [6.07, 6.45) is 0. The number of aliphatic hydroxyl groups excluding tert-OH is 1. The van der Waals surface area contributed by atoms with E-state index in [1.165, 1.54) is 13.2 Å². The number of carbonyl (C=O) groups excluding carboxylic acids is 2. The van der Waals surface area contributed by atoms with E-state index < -0.39 is 29.2 Å². The van der Waals surface area contributed by atoms with Crippen LogP contribution in [0.2, 0.25) is 0 Å². The predicted molar refractivity (Wildman–Crippen MR) is 81.4 cm³/mol. The summed E-state index contributed by atoms with van der Waals surface area (Å²) in [5.41, 5.74) is -0.219. The Hall–Kier alpha value is -3.22. The third-order valence-electron chi connectivity index (χ3n) is 3.60. The molecular formula is C17H11F2NO4. The third kappa shape index (κ3) is 2.30. The summed E-state index contributed by atoms with van der Waals surface area (Å²) in [7, 11) is 1.38. The summed E-state index contributed by atoms with van der Waals surface area (Å²) in [6, 6.07) is 8.92. The highest BCUT2D eigenvalue weighted by Crippen LogP contribution is 2.36. The predicted octanol–water partition coefficient (Wildman–Crippen LogP) is 2.82. The van der Waals surface area contributed by atoms with Gasteiger partial charge in [-0.05, 0) is 18.2 Å². The average molecular weight is 331 g/mol. The van der Waals surface area contributed by atoms with Crippen molar-refractivity contribution in [2.45, 2.75) is 0 Å². The van der Waals surface area contributed by atoms with Crippen LogP contribution in [0.1, 0.15) is 5.56 Å². The van der Waals surface area contributed by atoms with Crippen LogP contribution in [0.4, 0.5) is 14.5 Å². The van der Waals surface area contributed by atoms with Crippen LogP contribution in [-0.4, -0.2) is 24.0 Å². The highest BCUT2D eigenvalue weighted by Gasteiger charge is 2.41. The minimum absolute atomic E-state index is 0.180. The largest absolute Gasteiger partial charge is 0.502 e. The number of nitrogens with zero attached hydrogens (tertiary/aromatic N) is 1. The van der Waals surface area contributed by atoms with Crippen LogP contribution in [0.3, 0.4) is 0 Å². The lowest BCUT2D eigenvalue weighted by Crippen LogP contribution is -2.31. The number of carbonyl (C=O) groups is 2. The zero-order valence-corrected chi connectivity index (χ0v) is 12.4. The SMILES string of the molecule is COc1ccccc1C1=C(O)C(=O)N(c2ccc(F)c(F)c2)C1=O. The monoisotopic (exact) mass is 331 g/mol. The molecule has 0 spiro atoms. The second-order valence-electron chi connectivity index (χ2n) is 4.97. The molecule has 5 nitrogen and oxygen atoms in total. The number of ether oxygens (including phenoxy) is 1. The lowest BCUT2D eigenvalue weighted by molar-refractivity contribution is -0.121. The van der Waals surface area contributed by atoms with Crippen molar-refractivity contribution in [2.75, 3.05) is 12.0 Å². The van der Waals surface area contributed by atoms with Gasteiger partial charge in [-0.2, -0.15) is 0 Å². The molecule has 0 unspecified atom stereocenters. The van der Waals surface area contributed by atoms with Gasteiger partial charge in [-0.1, -0.05) is 18.2 Å². The Bertz CT molecular complexity index is 892. The van der Waals surface area contributed by atoms with E-state index in [1.807, 2.05) is 0 Å². The van der Waals surface area contributed by atoms with Crippen molar-refractivity contribution in [3.63, 3.8) is 0 Å². The van der Waals surface area contributed by atoms with Crippen molar-refractivity contribution >= 4 is 23.1 Å². The van der Waals surface area contributed by atoms with Crippen LogP contribution in [0.15, 0.2) is 48.2 Å². The number of benzene rings is 2. The van der Waals surface area contributed by atoms with Gasteiger partial charge in [-0.3, -0.25) is 9.59 Å². The lowest BCUT2D eigenvalue weighted by Gasteiger charge is -2.15. The van der Waals surface area contributed by atoms with Crippen LogP contribution in [-0.2, 0) is 9.59 Å². The average Bonchev–Trinajstić information content (AvgIpc) is 2.80.